The molecule has 5 nitrogen and oxygen atoms in total. The number of para-hydroxylation sites is 1. The van der Waals surface area contributed by atoms with Gasteiger partial charge in [0.05, 0.1) is 10.9 Å². The number of rotatable bonds is 7. The second kappa shape index (κ2) is 11.3. The predicted octanol–water partition coefficient (Wildman–Crippen LogP) is 7.05. The number of anilines is 3. The van der Waals surface area contributed by atoms with Gasteiger partial charge in [0.25, 0.3) is 0 Å². The SMILES string of the molecule is Cc1ccc(-c2csc(NC(=O)C(C)Sc3cccc(NC(=S)Nc4ccccc4)c3)n2)cc1. The van der Waals surface area contributed by atoms with E-state index >= 15 is 0 Å². The molecular weight excluding hydrogens is 481 g/mol. The molecule has 1 aromatic heterocycles. The standard InChI is InChI=1S/C26H24N4OS3/c1-17-11-13-19(14-12-17)23-16-33-26(29-23)30-24(31)18(2)34-22-10-6-9-21(15-22)28-25(32)27-20-7-4-3-5-8-20/h3-16,18H,1-2H3,(H2,27,28,32)(H,29,30,31). The van der Waals surface area contributed by atoms with E-state index in [9.17, 15) is 4.79 Å². The molecule has 172 valence electrons. The van der Waals surface area contributed by atoms with Crippen molar-refractivity contribution in [2.75, 3.05) is 16.0 Å². The van der Waals surface area contributed by atoms with Gasteiger partial charge < -0.3 is 16.0 Å². The van der Waals surface area contributed by atoms with Gasteiger partial charge in [-0.15, -0.1) is 23.1 Å². The quantitative estimate of drug-likeness (QED) is 0.185. The number of hydrogen-bond donors (Lipinski definition) is 3. The van der Waals surface area contributed by atoms with Crippen molar-refractivity contribution < 1.29 is 4.79 Å². The molecular formula is C26H24N4OS3. The third kappa shape index (κ3) is 6.66. The Balaban J connectivity index is 1.32. The van der Waals surface area contributed by atoms with Crippen LogP contribution in [0.15, 0.2) is 89.1 Å². The van der Waals surface area contributed by atoms with Crippen molar-refractivity contribution in [2.45, 2.75) is 24.0 Å². The van der Waals surface area contributed by atoms with Crippen LogP contribution in [0, 0.1) is 6.92 Å². The summed E-state index contributed by atoms with van der Waals surface area (Å²) in [6, 6.07) is 25.8. The van der Waals surface area contributed by atoms with Gasteiger partial charge in [-0.1, -0.05) is 54.1 Å². The number of aryl methyl sites for hydroxylation is 1. The monoisotopic (exact) mass is 504 g/mol. The number of carbonyl (C=O) groups excluding carboxylic acids is 1. The molecule has 0 radical (unpaired) electrons. The van der Waals surface area contributed by atoms with Crippen molar-refractivity contribution >= 4 is 62.8 Å². The summed E-state index contributed by atoms with van der Waals surface area (Å²) in [5.74, 6) is -0.0885. The Morgan fingerprint density at radius 2 is 1.65 bits per heavy atom. The highest BCUT2D eigenvalue weighted by molar-refractivity contribution is 8.00. The lowest BCUT2D eigenvalue weighted by Crippen LogP contribution is -2.22. The molecule has 0 saturated carbocycles. The molecule has 0 bridgehead atoms. The van der Waals surface area contributed by atoms with Crippen LogP contribution in [0.3, 0.4) is 0 Å². The van der Waals surface area contributed by atoms with Crippen LogP contribution in [-0.4, -0.2) is 21.3 Å². The first-order valence-electron chi connectivity index (χ1n) is 10.7. The predicted molar refractivity (Wildman–Crippen MR) is 149 cm³/mol. The number of aromatic nitrogens is 1. The Labute approximate surface area is 213 Å². The zero-order chi connectivity index (χ0) is 23.9. The lowest BCUT2D eigenvalue weighted by atomic mass is 10.1. The Hall–Kier alpha value is -3.20. The first kappa shape index (κ1) is 23.9. The third-order valence-electron chi connectivity index (χ3n) is 4.89. The number of nitrogens with zero attached hydrogens (tertiary/aromatic N) is 1. The molecule has 0 saturated heterocycles. The Morgan fingerprint density at radius 3 is 2.41 bits per heavy atom. The van der Waals surface area contributed by atoms with Gasteiger partial charge in [0.2, 0.25) is 5.91 Å². The van der Waals surface area contributed by atoms with E-state index in [4.69, 9.17) is 12.2 Å². The summed E-state index contributed by atoms with van der Waals surface area (Å²) in [7, 11) is 0. The highest BCUT2D eigenvalue weighted by Crippen LogP contribution is 2.29. The van der Waals surface area contributed by atoms with E-state index in [0.29, 0.717) is 10.2 Å². The fourth-order valence-corrected chi connectivity index (χ4v) is 5.00. The molecule has 3 N–H and O–H groups in total. The highest BCUT2D eigenvalue weighted by Gasteiger charge is 2.17. The Kier molecular flexibility index (Phi) is 7.95. The number of thioether (sulfide) groups is 1. The number of thiocarbonyl (C=S) groups is 1. The first-order valence-corrected chi connectivity index (χ1v) is 12.9. The van der Waals surface area contributed by atoms with E-state index in [2.05, 4.69) is 40.0 Å². The maximum atomic E-state index is 12.8. The molecule has 0 spiro atoms. The Bertz CT molecular complexity index is 1270. The molecule has 0 fully saturated rings. The normalized spacial score (nSPS) is 11.5. The summed E-state index contributed by atoms with van der Waals surface area (Å²) >= 11 is 8.32. The third-order valence-corrected chi connectivity index (χ3v) is 6.94. The van der Waals surface area contributed by atoms with Gasteiger partial charge in [-0.25, -0.2) is 4.98 Å². The number of thiazole rings is 1. The summed E-state index contributed by atoms with van der Waals surface area (Å²) in [4.78, 5) is 18.3. The number of benzene rings is 3. The molecule has 4 rings (SSSR count). The summed E-state index contributed by atoms with van der Waals surface area (Å²) < 4.78 is 0. The molecule has 34 heavy (non-hydrogen) atoms. The van der Waals surface area contributed by atoms with E-state index < -0.39 is 0 Å². The molecule has 1 amide bonds. The topological polar surface area (TPSA) is 66.1 Å². The fourth-order valence-electron chi connectivity index (χ4n) is 3.11. The van der Waals surface area contributed by atoms with Crippen LogP contribution in [0.25, 0.3) is 11.3 Å². The van der Waals surface area contributed by atoms with Gasteiger partial charge in [0, 0.05) is 27.2 Å². The van der Waals surface area contributed by atoms with Crippen molar-refractivity contribution in [3.63, 3.8) is 0 Å². The lowest BCUT2D eigenvalue weighted by Gasteiger charge is -2.13. The first-order chi connectivity index (χ1) is 16.5. The van der Waals surface area contributed by atoms with Gasteiger partial charge in [0.1, 0.15) is 0 Å². The number of carbonyl (C=O) groups is 1. The van der Waals surface area contributed by atoms with Gasteiger partial charge >= 0.3 is 0 Å². The van der Waals surface area contributed by atoms with Gasteiger partial charge in [0.15, 0.2) is 10.2 Å². The van der Waals surface area contributed by atoms with Gasteiger partial charge in [-0.2, -0.15) is 0 Å². The zero-order valence-electron chi connectivity index (χ0n) is 18.7. The van der Waals surface area contributed by atoms with Crippen molar-refractivity contribution in [3.8, 4) is 11.3 Å². The van der Waals surface area contributed by atoms with Crippen LogP contribution in [-0.2, 0) is 4.79 Å². The average molecular weight is 505 g/mol. The largest absolute Gasteiger partial charge is 0.332 e. The van der Waals surface area contributed by atoms with E-state index in [1.54, 1.807) is 0 Å². The average Bonchev–Trinajstić information content (AvgIpc) is 3.28. The summed E-state index contributed by atoms with van der Waals surface area (Å²) in [5, 5.41) is 12.1. The Morgan fingerprint density at radius 1 is 0.941 bits per heavy atom. The minimum Gasteiger partial charge on any atom is -0.332 e. The smallest absolute Gasteiger partial charge is 0.239 e. The van der Waals surface area contributed by atoms with Crippen LogP contribution in [0.1, 0.15) is 12.5 Å². The molecule has 1 atom stereocenters. The number of amides is 1. The second-order valence-electron chi connectivity index (χ2n) is 7.63. The zero-order valence-corrected chi connectivity index (χ0v) is 21.2. The second-order valence-corrected chi connectivity index (χ2v) is 10.3. The maximum absolute atomic E-state index is 12.8. The van der Waals surface area contributed by atoms with Gasteiger partial charge in [-0.05, 0) is 56.4 Å². The van der Waals surface area contributed by atoms with E-state index in [0.717, 1.165) is 27.5 Å². The van der Waals surface area contributed by atoms with E-state index in [1.807, 2.05) is 79.0 Å². The molecule has 4 aromatic rings. The minimum atomic E-state index is -0.295. The molecule has 1 heterocycles. The summed E-state index contributed by atoms with van der Waals surface area (Å²) in [5.41, 5.74) is 4.87. The molecule has 1 unspecified atom stereocenters. The van der Waals surface area contributed by atoms with Crippen LogP contribution in [0.2, 0.25) is 0 Å². The van der Waals surface area contributed by atoms with Crippen molar-refractivity contribution in [3.05, 3.63) is 89.8 Å². The van der Waals surface area contributed by atoms with E-state index in [1.165, 1.54) is 28.7 Å². The molecule has 0 aliphatic carbocycles. The van der Waals surface area contributed by atoms with Crippen molar-refractivity contribution in [1.82, 2.24) is 4.98 Å². The van der Waals surface area contributed by atoms with Crippen LogP contribution in [0.4, 0.5) is 16.5 Å². The van der Waals surface area contributed by atoms with Gasteiger partial charge in [-0.3, -0.25) is 4.79 Å². The molecule has 0 aliphatic rings. The highest BCUT2D eigenvalue weighted by atomic mass is 32.2. The van der Waals surface area contributed by atoms with Crippen molar-refractivity contribution in [1.29, 1.82) is 0 Å². The van der Waals surface area contributed by atoms with E-state index in [-0.39, 0.29) is 11.2 Å². The van der Waals surface area contributed by atoms with Crippen LogP contribution < -0.4 is 16.0 Å². The van der Waals surface area contributed by atoms with Crippen molar-refractivity contribution in [2.24, 2.45) is 0 Å². The maximum Gasteiger partial charge on any atom is 0.239 e. The van der Waals surface area contributed by atoms with Crippen LogP contribution in [0.5, 0.6) is 0 Å². The lowest BCUT2D eigenvalue weighted by molar-refractivity contribution is -0.115. The molecule has 3 aromatic carbocycles. The minimum absolute atomic E-state index is 0.0885. The molecule has 8 heteroatoms. The summed E-state index contributed by atoms with van der Waals surface area (Å²) in [6.45, 7) is 3.94. The summed E-state index contributed by atoms with van der Waals surface area (Å²) in [6.07, 6.45) is 0. The number of nitrogens with one attached hydrogen (secondary N) is 3. The molecule has 0 aliphatic heterocycles. The fraction of sp³-hybridized carbons (Fsp3) is 0.115. The van der Waals surface area contributed by atoms with Crippen LogP contribution >= 0.6 is 35.3 Å². The number of hydrogen-bond acceptors (Lipinski definition) is 5.